The van der Waals surface area contributed by atoms with Crippen LogP contribution < -0.4 is 5.73 Å². The van der Waals surface area contributed by atoms with E-state index in [9.17, 15) is 0 Å². The van der Waals surface area contributed by atoms with E-state index < -0.39 is 25.4 Å². The molecule has 0 saturated heterocycles. The van der Waals surface area contributed by atoms with Crippen molar-refractivity contribution < 1.29 is 20.4 Å². The number of rotatable bonds is 4. The second kappa shape index (κ2) is 7.32. The Morgan fingerprint density at radius 2 is 1.73 bits per heavy atom. The first-order chi connectivity index (χ1) is 7.11. The van der Waals surface area contributed by atoms with Crippen LogP contribution >= 0.6 is 0 Å². The molecule has 7 heteroatoms. The molecular weight excluding hydrogens is 202 g/mol. The van der Waals surface area contributed by atoms with Gasteiger partial charge in [-0.25, -0.2) is 4.98 Å². The molecule has 0 aromatic carbocycles. The summed E-state index contributed by atoms with van der Waals surface area (Å²) in [6, 6.07) is 0. The topological polar surface area (TPSA) is 136 Å². The van der Waals surface area contributed by atoms with Crippen molar-refractivity contribution in [3.05, 3.63) is 18.2 Å². The third kappa shape index (κ3) is 5.45. The van der Waals surface area contributed by atoms with Gasteiger partial charge < -0.3 is 31.1 Å². The number of aromatic amines is 1. The maximum atomic E-state index is 8.34. The Morgan fingerprint density at radius 3 is 1.87 bits per heavy atom. The summed E-state index contributed by atoms with van der Waals surface area (Å²) in [5.74, 6) is 0.611. The summed E-state index contributed by atoms with van der Waals surface area (Å²) in [5, 5.41) is 33.4. The number of aliphatic hydroxyl groups excluding tert-OH is 4. The summed E-state index contributed by atoms with van der Waals surface area (Å²) >= 11 is 0. The van der Waals surface area contributed by atoms with Crippen molar-refractivity contribution in [2.75, 3.05) is 19.8 Å². The van der Waals surface area contributed by atoms with Gasteiger partial charge in [-0.2, -0.15) is 0 Å². The van der Waals surface area contributed by atoms with Crippen molar-refractivity contribution in [1.29, 1.82) is 0 Å². The molecule has 88 valence electrons. The van der Waals surface area contributed by atoms with E-state index in [1.54, 1.807) is 12.4 Å². The van der Waals surface area contributed by atoms with Gasteiger partial charge in [0.1, 0.15) is 12.4 Å². The number of aliphatic hydroxyl groups is 4. The van der Waals surface area contributed by atoms with E-state index in [0.717, 1.165) is 0 Å². The highest BCUT2D eigenvalue weighted by Gasteiger charge is 2.20. The second-order valence-corrected chi connectivity index (χ2v) is 3.03. The minimum atomic E-state index is -1.21. The molecule has 0 amide bonds. The van der Waals surface area contributed by atoms with Crippen LogP contribution in [-0.4, -0.2) is 55.8 Å². The van der Waals surface area contributed by atoms with Crippen molar-refractivity contribution >= 4 is 0 Å². The van der Waals surface area contributed by atoms with Crippen LogP contribution in [0.3, 0.4) is 0 Å². The average Bonchev–Trinajstić information content (AvgIpc) is 2.81. The van der Waals surface area contributed by atoms with E-state index in [4.69, 9.17) is 26.2 Å². The Morgan fingerprint density at radius 1 is 1.20 bits per heavy atom. The molecule has 0 radical (unpaired) electrons. The van der Waals surface area contributed by atoms with E-state index in [-0.39, 0.29) is 6.61 Å². The molecule has 7 N–H and O–H groups in total. The molecule has 0 spiro atoms. The molecule has 0 unspecified atom stereocenters. The van der Waals surface area contributed by atoms with Gasteiger partial charge in [0.05, 0.1) is 25.4 Å². The third-order valence-corrected chi connectivity index (χ3v) is 1.65. The molecule has 7 nitrogen and oxygen atoms in total. The van der Waals surface area contributed by atoms with Crippen molar-refractivity contribution in [3.63, 3.8) is 0 Å². The van der Waals surface area contributed by atoms with Gasteiger partial charge in [0, 0.05) is 12.4 Å². The van der Waals surface area contributed by atoms with E-state index in [1.807, 2.05) is 0 Å². The Kier molecular flexibility index (Phi) is 6.84. The summed E-state index contributed by atoms with van der Waals surface area (Å²) < 4.78 is 0. The summed E-state index contributed by atoms with van der Waals surface area (Å²) in [4.78, 5) is 6.45. The molecule has 1 rings (SSSR count). The van der Waals surface area contributed by atoms with Gasteiger partial charge in [0.25, 0.3) is 0 Å². The number of hydrogen-bond donors (Lipinski definition) is 6. The number of aromatic nitrogens is 2. The largest absolute Gasteiger partial charge is 0.394 e. The molecule has 1 aromatic rings. The molecule has 1 aromatic heterocycles. The minimum Gasteiger partial charge on any atom is -0.394 e. The van der Waals surface area contributed by atoms with Gasteiger partial charge in [0.2, 0.25) is 0 Å². The first-order valence-corrected chi connectivity index (χ1v) is 4.32. The van der Waals surface area contributed by atoms with E-state index in [1.165, 1.54) is 0 Å². The van der Waals surface area contributed by atoms with Crippen molar-refractivity contribution in [2.24, 2.45) is 5.73 Å². The molecule has 0 atom stereocenters. The fraction of sp³-hybridized carbons (Fsp3) is 0.625. The molecule has 0 bridgehead atoms. The van der Waals surface area contributed by atoms with Crippen LogP contribution in [0.4, 0.5) is 0 Å². The maximum absolute atomic E-state index is 8.34. The van der Waals surface area contributed by atoms with Gasteiger partial charge in [-0.05, 0) is 0 Å². The minimum absolute atomic E-state index is 0.00694. The zero-order valence-corrected chi connectivity index (χ0v) is 8.30. The van der Waals surface area contributed by atoms with Crippen LogP contribution in [-0.2, 0) is 6.61 Å². The lowest BCUT2D eigenvalue weighted by atomic mass is 10.1. The average molecular weight is 219 g/mol. The summed E-state index contributed by atoms with van der Waals surface area (Å²) in [6.45, 7) is -1.22. The second-order valence-electron chi connectivity index (χ2n) is 3.03. The molecule has 1 heterocycles. The van der Waals surface area contributed by atoms with Gasteiger partial charge in [0.15, 0.2) is 0 Å². The Labute approximate surface area is 87.2 Å². The lowest BCUT2D eigenvalue weighted by Crippen LogP contribution is -2.50. The quantitative estimate of drug-likeness (QED) is 0.333. The van der Waals surface area contributed by atoms with Crippen molar-refractivity contribution in [2.45, 2.75) is 12.1 Å². The SMILES string of the molecule is NC(CO)(CO)CO.OCc1ncc[nH]1. The molecule has 0 aliphatic carbocycles. The molecule has 0 aliphatic rings. The normalized spacial score (nSPS) is 10.7. The zero-order valence-electron chi connectivity index (χ0n) is 8.30. The summed E-state index contributed by atoms with van der Waals surface area (Å²) in [5.41, 5.74) is 3.94. The Bertz CT molecular complexity index is 228. The van der Waals surface area contributed by atoms with E-state index in [2.05, 4.69) is 9.97 Å². The predicted octanol–water partition coefficient (Wildman–Crippen LogP) is -2.44. The number of H-pyrrole nitrogens is 1. The third-order valence-electron chi connectivity index (χ3n) is 1.65. The highest BCUT2D eigenvalue weighted by molar-refractivity contribution is 4.83. The number of nitrogens with two attached hydrogens (primary N) is 1. The van der Waals surface area contributed by atoms with Crippen LogP contribution in [0.25, 0.3) is 0 Å². The number of nitrogens with one attached hydrogen (secondary N) is 1. The Balaban J connectivity index is 0.000000262. The van der Waals surface area contributed by atoms with Crippen LogP contribution in [0.15, 0.2) is 12.4 Å². The standard InChI is InChI=1S/C4H6N2O.C4H11NO3/c7-3-4-5-1-2-6-4;5-4(1-6,2-7)3-8/h1-2,7H,3H2,(H,5,6);6-8H,1-3,5H2. The molecule has 0 fully saturated rings. The predicted molar refractivity (Wildman–Crippen MR) is 52.7 cm³/mol. The van der Waals surface area contributed by atoms with Gasteiger partial charge in [-0.1, -0.05) is 0 Å². The first-order valence-electron chi connectivity index (χ1n) is 4.32. The fourth-order valence-corrected chi connectivity index (χ4v) is 0.534. The zero-order chi connectivity index (χ0) is 11.7. The highest BCUT2D eigenvalue weighted by atomic mass is 16.3. The summed E-state index contributed by atoms with van der Waals surface area (Å²) in [6.07, 6.45) is 3.27. The number of nitrogens with zero attached hydrogens (tertiary/aromatic N) is 1. The molecule has 0 saturated carbocycles. The van der Waals surface area contributed by atoms with Crippen LogP contribution in [0, 0.1) is 0 Å². The molecule has 15 heavy (non-hydrogen) atoms. The van der Waals surface area contributed by atoms with Crippen LogP contribution in [0.2, 0.25) is 0 Å². The van der Waals surface area contributed by atoms with Crippen molar-refractivity contribution in [3.8, 4) is 0 Å². The molecular formula is C8H17N3O4. The van der Waals surface area contributed by atoms with Gasteiger partial charge in [-0.3, -0.25) is 0 Å². The fourth-order valence-electron chi connectivity index (χ4n) is 0.534. The van der Waals surface area contributed by atoms with Gasteiger partial charge >= 0.3 is 0 Å². The molecule has 0 aliphatic heterocycles. The number of imidazole rings is 1. The van der Waals surface area contributed by atoms with E-state index in [0.29, 0.717) is 5.82 Å². The lowest BCUT2D eigenvalue weighted by Gasteiger charge is -2.20. The van der Waals surface area contributed by atoms with Gasteiger partial charge in [-0.15, -0.1) is 0 Å². The van der Waals surface area contributed by atoms with E-state index >= 15 is 0 Å². The maximum Gasteiger partial charge on any atom is 0.131 e. The number of hydrogen-bond acceptors (Lipinski definition) is 6. The summed E-state index contributed by atoms with van der Waals surface area (Å²) in [7, 11) is 0. The van der Waals surface area contributed by atoms with Crippen molar-refractivity contribution in [1.82, 2.24) is 9.97 Å². The smallest absolute Gasteiger partial charge is 0.131 e. The first kappa shape index (κ1) is 14.0. The van der Waals surface area contributed by atoms with Crippen LogP contribution in [0.1, 0.15) is 5.82 Å². The monoisotopic (exact) mass is 219 g/mol. The highest BCUT2D eigenvalue weighted by Crippen LogP contribution is 1.93. The lowest BCUT2D eigenvalue weighted by molar-refractivity contribution is 0.0698. The van der Waals surface area contributed by atoms with Crippen LogP contribution in [0.5, 0.6) is 0 Å². The Hall–Kier alpha value is -0.990.